The van der Waals surface area contributed by atoms with E-state index in [1.54, 1.807) is 4.90 Å². The lowest BCUT2D eigenvalue weighted by molar-refractivity contribution is 0.0613. The number of carbonyl (C=O) groups is 2. The molecule has 6 rings (SSSR count). The van der Waals surface area contributed by atoms with Gasteiger partial charge in [0, 0.05) is 57.6 Å². The summed E-state index contributed by atoms with van der Waals surface area (Å²) in [4.78, 5) is 47.9. The van der Waals surface area contributed by atoms with Crippen molar-refractivity contribution < 1.29 is 23.5 Å². The standard InChI is InChI=1S/C25H34FN9O4/c1-3-38-21-15-28-19(14-29-21)30-23(36)33(2)18-16-35(10-5-17(18)26)22-27-9-4-20(31-22)39-24(37)32-25-6-11-34(12-7-25)13-8-25/h4,9,14-15,17-18H,3,5-8,10-13,16H2,1-2H3,(H,32,37)(H,28,30,36)/t17-,18-/m0/s1. The molecule has 0 aromatic carbocycles. The van der Waals surface area contributed by atoms with Crippen molar-refractivity contribution in [3.63, 3.8) is 0 Å². The molecule has 210 valence electrons. The number of rotatable bonds is 7. The van der Waals surface area contributed by atoms with Crippen molar-refractivity contribution in [2.24, 2.45) is 0 Å². The van der Waals surface area contributed by atoms with Gasteiger partial charge in [0.2, 0.25) is 17.7 Å². The predicted octanol–water partition coefficient (Wildman–Crippen LogP) is 2.07. The van der Waals surface area contributed by atoms with Crippen LogP contribution < -0.4 is 25.0 Å². The highest BCUT2D eigenvalue weighted by Crippen LogP contribution is 2.32. The van der Waals surface area contributed by atoms with Gasteiger partial charge in [-0.2, -0.15) is 4.98 Å². The van der Waals surface area contributed by atoms with E-state index in [9.17, 15) is 14.0 Å². The molecule has 0 spiro atoms. The molecule has 4 aliphatic rings. The van der Waals surface area contributed by atoms with E-state index in [0.29, 0.717) is 25.0 Å². The zero-order valence-electron chi connectivity index (χ0n) is 22.2. The highest BCUT2D eigenvalue weighted by molar-refractivity contribution is 5.88. The van der Waals surface area contributed by atoms with Crippen LogP contribution in [0, 0.1) is 0 Å². The second-order valence-electron chi connectivity index (χ2n) is 10.1. The van der Waals surface area contributed by atoms with E-state index >= 15 is 0 Å². The number of hydrogen-bond donors (Lipinski definition) is 2. The number of ether oxygens (including phenoxy) is 2. The first-order chi connectivity index (χ1) is 18.8. The second kappa shape index (κ2) is 11.5. The van der Waals surface area contributed by atoms with Crippen LogP contribution >= 0.6 is 0 Å². The SMILES string of the molecule is CCOc1cnc(NC(=O)N(C)[C@H]2CN(c3nccc(OC(=O)NC45CCN(CC4)CC5)n3)CC[C@@H]2F)cn1. The zero-order chi connectivity index (χ0) is 27.4. The first-order valence-corrected chi connectivity index (χ1v) is 13.3. The van der Waals surface area contributed by atoms with Crippen LogP contribution in [-0.4, -0.2) is 106 Å². The van der Waals surface area contributed by atoms with Gasteiger partial charge in [0.1, 0.15) is 6.17 Å². The van der Waals surface area contributed by atoms with Gasteiger partial charge < -0.3 is 29.5 Å². The van der Waals surface area contributed by atoms with E-state index in [0.717, 1.165) is 38.9 Å². The summed E-state index contributed by atoms with van der Waals surface area (Å²) in [5, 5.41) is 5.69. The van der Waals surface area contributed by atoms with E-state index in [1.165, 1.54) is 36.6 Å². The number of alkyl halides is 1. The Balaban J connectivity index is 1.19. The van der Waals surface area contributed by atoms with Crippen molar-refractivity contribution in [2.45, 2.75) is 50.4 Å². The van der Waals surface area contributed by atoms with Crippen LogP contribution in [0.2, 0.25) is 0 Å². The largest absolute Gasteiger partial charge is 0.477 e. The average molecular weight is 544 g/mol. The third-order valence-electron chi connectivity index (χ3n) is 7.66. The van der Waals surface area contributed by atoms with Crippen molar-refractivity contribution in [3.8, 4) is 11.8 Å². The minimum atomic E-state index is -1.24. The summed E-state index contributed by atoms with van der Waals surface area (Å²) < 4.78 is 25.7. The molecule has 0 saturated carbocycles. The van der Waals surface area contributed by atoms with Crippen LogP contribution in [-0.2, 0) is 0 Å². The van der Waals surface area contributed by atoms with E-state index in [4.69, 9.17) is 9.47 Å². The molecule has 4 fully saturated rings. The Bertz CT molecular complexity index is 1150. The molecule has 3 amide bonds. The molecule has 0 radical (unpaired) electrons. The van der Waals surface area contributed by atoms with Crippen molar-refractivity contribution >= 4 is 23.9 Å². The molecule has 0 aliphatic carbocycles. The van der Waals surface area contributed by atoms with Crippen LogP contribution in [0.15, 0.2) is 24.7 Å². The van der Waals surface area contributed by atoms with Gasteiger partial charge in [-0.3, -0.25) is 5.32 Å². The summed E-state index contributed by atoms with van der Waals surface area (Å²) in [5.74, 6) is 0.982. The maximum atomic E-state index is 15.0. The van der Waals surface area contributed by atoms with E-state index in [1.807, 2.05) is 6.92 Å². The van der Waals surface area contributed by atoms with Gasteiger partial charge in [0.15, 0.2) is 5.82 Å². The second-order valence-corrected chi connectivity index (χ2v) is 10.1. The number of anilines is 2. The molecule has 39 heavy (non-hydrogen) atoms. The van der Waals surface area contributed by atoms with Crippen molar-refractivity contribution in [1.29, 1.82) is 0 Å². The van der Waals surface area contributed by atoms with Gasteiger partial charge in [-0.1, -0.05) is 0 Å². The Labute approximate surface area is 226 Å². The number of fused-ring (bicyclic) bond motifs is 3. The van der Waals surface area contributed by atoms with Gasteiger partial charge in [-0.25, -0.2) is 28.9 Å². The molecule has 2 aromatic rings. The molecule has 2 N–H and O–H groups in total. The highest BCUT2D eigenvalue weighted by atomic mass is 19.1. The van der Waals surface area contributed by atoms with E-state index in [-0.39, 0.29) is 30.2 Å². The first-order valence-electron chi connectivity index (χ1n) is 13.3. The van der Waals surface area contributed by atoms with E-state index in [2.05, 4.69) is 35.5 Å². The molecule has 2 atom stereocenters. The van der Waals surface area contributed by atoms with Crippen LogP contribution in [0.4, 0.5) is 25.7 Å². The van der Waals surface area contributed by atoms with Crippen molar-refractivity contribution in [3.05, 3.63) is 24.7 Å². The molecule has 0 unspecified atom stereocenters. The summed E-state index contributed by atoms with van der Waals surface area (Å²) in [6.45, 7) is 5.72. The number of hydrogen-bond acceptors (Lipinski definition) is 10. The molecular weight excluding hydrogens is 509 g/mol. The zero-order valence-corrected chi connectivity index (χ0v) is 22.2. The molecule has 14 heteroatoms. The first kappa shape index (κ1) is 26.8. The fourth-order valence-electron chi connectivity index (χ4n) is 5.29. The summed E-state index contributed by atoms with van der Waals surface area (Å²) in [5.41, 5.74) is -0.222. The average Bonchev–Trinajstić information content (AvgIpc) is 2.95. The van der Waals surface area contributed by atoms with Crippen LogP contribution in [0.1, 0.15) is 32.6 Å². The molecular formula is C25H34FN9O4. The number of aromatic nitrogens is 4. The number of piperidine rings is 4. The molecule has 2 aromatic heterocycles. The van der Waals surface area contributed by atoms with E-state index < -0.39 is 24.3 Å². The molecule has 6 heterocycles. The van der Waals surface area contributed by atoms with Gasteiger partial charge in [-0.15, -0.1) is 0 Å². The molecule has 2 bridgehead atoms. The maximum absolute atomic E-state index is 15.0. The van der Waals surface area contributed by atoms with Crippen LogP contribution in [0.5, 0.6) is 11.8 Å². The number of carbonyl (C=O) groups excluding carboxylic acids is 2. The smallest absolute Gasteiger partial charge is 0.414 e. The van der Waals surface area contributed by atoms with Gasteiger partial charge in [0.05, 0.1) is 25.0 Å². The monoisotopic (exact) mass is 543 g/mol. The lowest BCUT2D eigenvalue weighted by Gasteiger charge is -2.48. The lowest BCUT2D eigenvalue weighted by atomic mass is 9.80. The number of nitrogens with zero attached hydrogens (tertiary/aromatic N) is 7. The predicted molar refractivity (Wildman–Crippen MR) is 140 cm³/mol. The Hall–Kier alpha value is -3.81. The van der Waals surface area contributed by atoms with Crippen molar-refractivity contribution in [1.82, 2.24) is 35.1 Å². The van der Waals surface area contributed by atoms with Gasteiger partial charge >= 0.3 is 12.1 Å². The summed E-state index contributed by atoms with van der Waals surface area (Å²) in [6.07, 6.45) is 5.40. The third kappa shape index (κ3) is 6.27. The summed E-state index contributed by atoms with van der Waals surface area (Å²) in [6, 6.07) is 0.230. The highest BCUT2D eigenvalue weighted by Gasteiger charge is 2.41. The fourth-order valence-corrected chi connectivity index (χ4v) is 5.29. The number of urea groups is 1. The van der Waals surface area contributed by atoms with Gasteiger partial charge in [-0.05, 0) is 32.6 Å². The maximum Gasteiger partial charge on any atom is 0.414 e. The summed E-state index contributed by atoms with van der Waals surface area (Å²) in [7, 11) is 1.53. The molecule has 13 nitrogen and oxygen atoms in total. The van der Waals surface area contributed by atoms with Gasteiger partial charge in [0.25, 0.3) is 0 Å². The number of likely N-dealkylation sites (N-methyl/N-ethyl adjacent to an activating group) is 1. The summed E-state index contributed by atoms with van der Waals surface area (Å²) >= 11 is 0. The minimum Gasteiger partial charge on any atom is -0.477 e. The minimum absolute atomic E-state index is 0.112. The van der Waals surface area contributed by atoms with Crippen LogP contribution in [0.25, 0.3) is 0 Å². The Morgan fingerprint density at radius 2 is 1.90 bits per heavy atom. The Morgan fingerprint density at radius 3 is 2.59 bits per heavy atom. The fraction of sp³-hybridized carbons (Fsp3) is 0.600. The van der Waals surface area contributed by atoms with Crippen LogP contribution in [0.3, 0.4) is 0 Å². The topological polar surface area (TPSA) is 138 Å². The van der Waals surface area contributed by atoms with Crippen molar-refractivity contribution in [2.75, 3.05) is 56.6 Å². The lowest BCUT2D eigenvalue weighted by Crippen LogP contribution is -2.61. The normalized spacial score (nSPS) is 26.0. The number of amides is 3. The number of halogens is 1. The number of nitrogens with one attached hydrogen (secondary N) is 2. The Kier molecular flexibility index (Phi) is 7.91. The quantitative estimate of drug-likeness (QED) is 0.534. The molecule has 4 saturated heterocycles. The Morgan fingerprint density at radius 1 is 1.13 bits per heavy atom. The third-order valence-corrected chi connectivity index (χ3v) is 7.66. The molecule has 4 aliphatic heterocycles.